The van der Waals surface area contributed by atoms with Crippen molar-refractivity contribution in [2.24, 2.45) is 0 Å². The Balaban J connectivity index is 0.00000121. The molecule has 1 fully saturated rings. The number of anilines is 1. The van der Waals surface area contributed by atoms with Gasteiger partial charge in [0, 0.05) is 0 Å². The number of aromatic nitrogens is 4. The maximum atomic E-state index is 12.1. The van der Waals surface area contributed by atoms with E-state index in [1.54, 1.807) is 23.3 Å². The van der Waals surface area contributed by atoms with Gasteiger partial charge in [-0.2, -0.15) is 5.10 Å². The van der Waals surface area contributed by atoms with Crippen LogP contribution in [0.15, 0.2) is 31.0 Å². The molecule has 0 aliphatic carbocycles. The van der Waals surface area contributed by atoms with Gasteiger partial charge in [0.1, 0.15) is 12.7 Å². The van der Waals surface area contributed by atoms with Gasteiger partial charge in [0.05, 0.1) is 17.9 Å². The van der Waals surface area contributed by atoms with Crippen molar-refractivity contribution in [2.45, 2.75) is 25.3 Å². The van der Waals surface area contributed by atoms with E-state index in [2.05, 4.69) is 25.7 Å². The molecule has 3 heterocycles. The number of halogens is 2. The third-order valence-electron chi connectivity index (χ3n) is 3.30. The van der Waals surface area contributed by atoms with E-state index in [0.717, 1.165) is 25.8 Å². The summed E-state index contributed by atoms with van der Waals surface area (Å²) in [6, 6.07) is 3.50. The highest BCUT2D eigenvalue weighted by Crippen LogP contribution is 2.12. The molecule has 3 rings (SSSR count). The standard InChI is InChI=1S/C13H16N6O.2ClH/c20-13(11-3-1-2-6-15-11)18-10-4-5-12(16-7-10)19-9-14-8-17-19;;/h4-5,7-9,11,15H,1-3,6H2,(H,18,20);2*1H/t11-;;/m0../s1. The molecule has 1 saturated heterocycles. The first-order chi connectivity index (χ1) is 9.83. The summed E-state index contributed by atoms with van der Waals surface area (Å²) >= 11 is 0. The topological polar surface area (TPSA) is 84.7 Å². The first kappa shape index (κ1) is 18.3. The van der Waals surface area contributed by atoms with E-state index >= 15 is 0 Å². The smallest absolute Gasteiger partial charge is 0.241 e. The summed E-state index contributed by atoms with van der Waals surface area (Å²) in [6.45, 7) is 0.904. The highest BCUT2D eigenvalue weighted by atomic mass is 35.5. The van der Waals surface area contributed by atoms with E-state index in [9.17, 15) is 4.79 Å². The van der Waals surface area contributed by atoms with Crippen LogP contribution in [0.1, 0.15) is 19.3 Å². The molecule has 0 aromatic carbocycles. The van der Waals surface area contributed by atoms with E-state index < -0.39 is 0 Å². The molecule has 1 aliphatic rings. The number of piperidine rings is 1. The minimum absolute atomic E-state index is 0. The SMILES string of the molecule is Cl.Cl.O=C(Nc1ccc(-n2cncn2)nc1)[C@@H]1CCCCN1. The zero-order valence-corrected chi connectivity index (χ0v) is 13.4. The molecule has 1 atom stereocenters. The van der Waals surface area contributed by atoms with Crippen molar-refractivity contribution in [3.63, 3.8) is 0 Å². The van der Waals surface area contributed by atoms with Crippen LogP contribution in [-0.2, 0) is 4.79 Å². The Labute approximate surface area is 140 Å². The summed E-state index contributed by atoms with van der Waals surface area (Å²) in [5.41, 5.74) is 0.686. The Bertz CT molecular complexity index is 569. The van der Waals surface area contributed by atoms with E-state index in [1.165, 1.54) is 6.33 Å². The number of amides is 1. The average molecular weight is 345 g/mol. The van der Waals surface area contributed by atoms with Gasteiger partial charge in [0.25, 0.3) is 0 Å². The number of nitrogens with zero attached hydrogens (tertiary/aromatic N) is 4. The summed E-state index contributed by atoms with van der Waals surface area (Å²) in [5.74, 6) is 0.663. The normalized spacial score (nSPS) is 17.0. The fourth-order valence-electron chi connectivity index (χ4n) is 2.23. The monoisotopic (exact) mass is 344 g/mol. The van der Waals surface area contributed by atoms with Crippen molar-refractivity contribution >= 4 is 36.4 Å². The van der Waals surface area contributed by atoms with Crippen molar-refractivity contribution in [1.82, 2.24) is 25.1 Å². The molecule has 0 unspecified atom stereocenters. The number of carbonyl (C=O) groups is 1. The summed E-state index contributed by atoms with van der Waals surface area (Å²) in [4.78, 5) is 20.2. The lowest BCUT2D eigenvalue weighted by atomic mass is 10.0. The molecule has 2 aromatic heterocycles. The van der Waals surface area contributed by atoms with Crippen LogP contribution in [0.4, 0.5) is 5.69 Å². The second kappa shape index (κ2) is 8.67. The van der Waals surface area contributed by atoms with Gasteiger partial charge < -0.3 is 10.6 Å². The van der Waals surface area contributed by atoms with Crippen molar-refractivity contribution < 1.29 is 4.79 Å². The van der Waals surface area contributed by atoms with E-state index in [0.29, 0.717) is 11.5 Å². The van der Waals surface area contributed by atoms with Crippen molar-refractivity contribution in [1.29, 1.82) is 0 Å². The van der Waals surface area contributed by atoms with Crippen molar-refractivity contribution in [2.75, 3.05) is 11.9 Å². The molecule has 0 spiro atoms. The number of carbonyl (C=O) groups excluding carboxylic acids is 1. The van der Waals surface area contributed by atoms with Crippen LogP contribution in [0, 0.1) is 0 Å². The summed E-state index contributed by atoms with van der Waals surface area (Å²) in [7, 11) is 0. The van der Waals surface area contributed by atoms with Gasteiger partial charge in [-0.05, 0) is 31.5 Å². The second-order valence-electron chi connectivity index (χ2n) is 4.74. The van der Waals surface area contributed by atoms with Crippen LogP contribution in [0.2, 0.25) is 0 Å². The van der Waals surface area contributed by atoms with Gasteiger partial charge in [-0.1, -0.05) is 6.42 Å². The maximum absolute atomic E-state index is 12.1. The number of pyridine rings is 1. The lowest BCUT2D eigenvalue weighted by Gasteiger charge is -2.22. The summed E-state index contributed by atoms with van der Waals surface area (Å²) in [6.07, 6.45) is 7.76. The lowest BCUT2D eigenvalue weighted by molar-refractivity contribution is -0.118. The van der Waals surface area contributed by atoms with Crippen molar-refractivity contribution in [3.05, 3.63) is 31.0 Å². The predicted molar refractivity (Wildman–Crippen MR) is 87.9 cm³/mol. The van der Waals surface area contributed by atoms with Crippen LogP contribution in [0.25, 0.3) is 5.82 Å². The Morgan fingerprint density at radius 3 is 2.77 bits per heavy atom. The molecule has 9 heteroatoms. The van der Waals surface area contributed by atoms with Gasteiger partial charge in [0.15, 0.2) is 5.82 Å². The lowest BCUT2D eigenvalue weighted by Crippen LogP contribution is -2.43. The quantitative estimate of drug-likeness (QED) is 0.882. The van der Waals surface area contributed by atoms with Crippen LogP contribution < -0.4 is 10.6 Å². The molecule has 0 bridgehead atoms. The minimum Gasteiger partial charge on any atom is -0.323 e. The van der Waals surface area contributed by atoms with Gasteiger partial charge in [0.2, 0.25) is 5.91 Å². The van der Waals surface area contributed by atoms with Gasteiger partial charge in [-0.3, -0.25) is 4.79 Å². The molecular formula is C13H18Cl2N6O. The average Bonchev–Trinajstić information content (AvgIpc) is 3.03. The van der Waals surface area contributed by atoms with E-state index in [4.69, 9.17) is 0 Å². The summed E-state index contributed by atoms with van der Waals surface area (Å²) in [5, 5.41) is 10.1. The first-order valence-corrected chi connectivity index (χ1v) is 6.68. The Morgan fingerprint density at radius 1 is 1.32 bits per heavy atom. The highest BCUT2D eigenvalue weighted by Gasteiger charge is 2.20. The van der Waals surface area contributed by atoms with Gasteiger partial charge >= 0.3 is 0 Å². The number of hydrogen-bond donors (Lipinski definition) is 2. The fourth-order valence-corrected chi connectivity index (χ4v) is 2.23. The van der Waals surface area contributed by atoms with Gasteiger partial charge in [-0.15, -0.1) is 24.8 Å². The molecule has 22 heavy (non-hydrogen) atoms. The van der Waals surface area contributed by atoms with Crippen LogP contribution in [0.5, 0.6) is 0 Å². The van der Waals surface area contributed by atoms with E-state index in [-0.39, 0.29) is 36.8 Å². The molecule has 0 saturated carbocycles. The Morgan fingerprint density at radius 2 is 2.18 bits per heavy atom. The Hall–Kier alpha value is -1.70. The van der Waals surface area contributed by atoms with Crippen molar-refractivity contribution in [3.8, 4) is 5.82 Å². The Kier molecular flexibility index (Phi) is 7.23. The molecule has 1 aliphatic heterocycles. The van der Waals surface area contributed by atoms with Crippen LogP contribution in [0.3, 0.4) is 0 Å². The fraction of sp³-hybridized carbons (Fsp3) is 0.385. The predicted octanol–water partition coefficient (Wildman–Crippen LogP) is 1.59. The van der Waals surface area contributed by atoms with Crippen LogP contribution >= 0.6 is 24.8 Å². The largest absolute Gasteiger partial charge is 0.323 e. The zero-order chi connectivity index (χ0) is 13.8. The second-order valence-corrected chi connectivity index (χ2v) is 4.74. The molecular weight excluding hydrogens is 327 g/mol. The molecule has 0 radical (unpaired) electrons. The summed E-state index contributed by atoms with van der Waals surface area (Å²) < 4.78 is 1.56. The number of rotatable bonds is 3. The molecule has 7 nitrogen and oxygen atoms in total. The number of nitrogens with one attached hydrogen (secondary N) is 2. The number of hydrogen-bond acceptors (Lipinski definition) is 5. The highest BCUT2D eigenvalue weighted by molar-refractivity contribution is 5.94. The third-order valence-corrected chi connectivity index (χ3v) is 3.30. The molecule has 1 amide bonds. The molecule has 2 aromatic rings. The molecule has 120 valence electrons. The third kappa shape index (κ3) is 4.40. The maximum Gasteiger partial charge on any atom is 0.241 e. The first-order valence-electron chi connectivity index (χ1n) is 6.68. The van der Waals surface area contributed by atoms with E-state index in [1.807, 2.05) is 6.07 Å². The minimum atomic E-state index is -0.0984. The van der Waals surface area contributed by atoms with Crippen LogP contribution in [-0.4, -0.2) is 38.2 Å². The zero-order valence-electron chi connectivity index (χ0n) is 11.8. The molecule has 2 N–H and O–H groups in total. The van der Waals surface area contributed by atoms with Gasteiger partial charge in [-0.25, -0.2) is 14.6 Å².